The van der Waals surface area contributed by atoms with Crippen molar-refractivity contribution in [2.75, 3.05) is 6.54 Å². The third-order valence-electron chi connectivity index (χ3n) is 2.76. The zero-order valence-corrected chi connectivity index (χ0v) is 9.57. The van der Waals surface area contributed by atoms with Gasteiger partial charge in [-0.25, -0.2) is 0 Å². The van der Waals surface area contributed by atoms with Crippen molar-refractivity contribution < 1.29 is 18.0 Å². The first-order valence-electron chi connectivity index (χ1n) is 5.36. The molecule has 0 saturated heterocycles. The molecule has 0 aromatic carbocycles. The van der Waals surface area contributed by atoms with Crippen LogP contribution in [-0.2, 0) is 4.79 Å². The maximum atomic E-state index is 11.8. The number of hydrogen-bond donors (Lipinski definition) is 1. The van der Waals surface area contributed by atoms with E-state index in [1.807, 2.05) is 0 Å². The number of nitrogens with one attached hydrogen (secondary N) is 1. The summed E-state index contributed by atoms with van der Waals surface area (Å²) in [5, 5.41) is 2.55. The van der Waals surface area contributed by atoms with Crippen LogP contribution in [0.2, 0.25) is 0 Å². The SMILES string of the molecule is O=C(CCC(F)(F)F)NCC1CCCC1Cl. The van der Waals surface area contributed by atoms with E-state index in [1.54, 1.807) is 0 Å². The van der Waals surface area contributed by atoms with E-state index in [4.69, 9.17) is 11.6 Å². The van der Waals surface area contributed by atoms with Crippen molar-refractivity contribution in [2.24, 2.45) is 5.92 Å². The Balaban J connectivity index is 2.15. The molecule has 0 spiro atoms. The van der Waals surface area contributed by atoms with Crippen molar-refractivity contribution in [3.8, 4) is 0 Å². The summed E-state index contributed by atoms with van der Waals surface area (Å²) < 4.78 is 35.5. The predicted octanol–water partition coefficient (Wildman–Crippen LogP) is 2.85. The van der Waals surface area contributed by atoms with Crippen LogP contribution >= 0.6 is 11.6 Å². The van der Waals surface area contributed by atoms with Gasteiger partial charge in [0.25, 0.3) is 0 Å². The summed E-state index contributed by atoms with van der Waals surface area (Å²) in [5.74, 6) is -0.343. The van der Waals surface area contributed by atoms with E-state index in [0.717, 1.165) is 19.3 Å². The van der Waals surface area contributed by atoms with Gasteiger partial charge in [-0.3, -0.25) is 4.79 Å². The first-order valence-corrected chi connectivity index (χ1v) is 5.79. The monoisotopic (exact) mass is 257 g/mol. The Morgan fingerprint density at radius 1 is 1.38 bits per heavy atom. The predicted molar refractivity (Wildman–Crippen MR) is 55.3 cm³/mol. The van der Waals surface area contributed by atoms with E-state index < -0.39 is 24.9 Å². The standard InChI is InChI=1S/C10H15ClF3NO/c11-8-3-1-2-7(8)6-15-9(16)4-5-10(12,13)14/h7-8H,1-6H2,(H,15,16). The smallest absolute Gasteiger partial charge is 0.356 e. The zero-order chi connectivity index (χ0) is 12.2. The minimum Gasteiger partial charge on any atom is -0.356 e. The molecule has 1 rings (SSSR count). The third kappa shape index (κ3) is 5.05. The van der Waals surface area contributed by atoms with E-state index in [1.165, 1.54) is 0 Å². The molecule has 94 valence electrons. The Hall–Kier alpha value is -0.450. The maximum absolute atomic E-state index is 11.8. The van der Waals surface area contributed by atoms with Crippen LogP contribution in [0.4, 0.5) is 13.2 Å². The van der Waals surface area contributed by atoms with Crippen LogP contribution in [0.5, 0.6) is 0 Å². The van der Waals surface area contributed by atoms with Crippen LogP contribution in [0.1, 0.15) is 32.1 Å². The van der Waals surface area contributed by atoms with Crippen molar-refractivity contribution in [2.45, 2.75) is 43.7 Å². The Morgan fingerprint density at radius 3 is 2.56 bits per heavy atom. The number of carbonyl (C=O) groups is 1. The summed E-state index contributed by atoms with van der Waals surface area (Å²) in [6.07, 6.45) is -2.94. The second-order valence-corrected chi connectivity index (χ2v) is 4.69. The molecule has 0 aromatic rings. The van der Waals surface area contributed by atoms with Gasteiger partial charge in [0.15, 0.2) is 0 Å². The van der Waals surface area contributed by atoms with E-state index in [9.17, 15) is 18.0 Å². The molecule has 6 heteroatoms. The highest BCUT2D eigenvalue weighted by Crippen LogP contribution is 2.29. The lowest BCUT2D eigenvalue weighted by Gasteiger charge is -2.14. The van der Waals surface area contributed by atoms with Crippen molar-refractivity contribution in [1.82, 2.24) is 5.32 Å². The minimum atomic E-state index is -4.26. The molecule has 16 heavy (non-hydrogen) atoms. The van der Waals surface area contributed by atoms with Gasteiger partial charge in [0.2, 0.25) is 5.91 Å². The lowest BCUT2D eigenvalue weighted by molar-refractivity contribution is -0.144. The van der Waals surface area contributed by atoms with Gasteiger partial charge in [0.05, 0.1) is 6.42 Å². The topological polar surface area (TPSA) is 29.1 Å². The summed E-state index contributed by atoms with van der Waals surface area (Å²) in [5.41, 5.74) is 0. The largest absolute Gasteiger partial charge is 0.389 e. The molecule has 2 atom stereocenters. The van der Waals surface area contributed by atoms with Gasteiger partial charge in [0, 0.05) is 18.3 Å². The quantitative estimate of drug-likeness (QED) is 0.771. The average Bonchev–Trinajstić information content (AvgIpc) is 2.57. The van der Waals surface area contributed by atoms with E-state index in [-0.39, 0.29) is 11.3 Å². The Morgan fingerprint density at radius 2 is 2.06 bits per heavy atom. The molecule has 1 fully saturated rings. The Kier molecular flexibility index (Phi) is 4.89. The van der Waals surface area contributed by atoms with Gasteiger partial charge in [-0.1, -0.05) is 6.42 Å². The molecule has 1 N–H and O–H groups in total. The normalized spacial score (nSPS) is 25.8. The zero-order valence-electron chi connectivity index (χ0n) is 8.82. The number of rotatable bonds is 4. The Bertz CT molecular complexity index is 245. The molecule has 0 heterocycles. The molecule has 1 aliphatic carbocycles. The lowest BCUT2D eigenvalue weighted by atomic mass is 10.1. The summed E-state index contributed by atoms with van der Waals surface area (Å²) in [7, 11) is 0. The van der Waals surface area contributed by atoms with Crippen molar-refractivity contribution in [1.29, 1.82) is 0 Å². The molecule has 0 aromatic heterocycles. The second-order valence-electron chi connectivity index (χ2n) is 4.13. The molecular weight excluding hydrogens is 243 g/mol. The Labute approximate surface area is 97.5 Å². The molecule has 2 unspecified atom stereocenters. The van der Waals surface area contributed by atoms with Crippen LogP contribution in [0.15, 0.2) is 0 Å². The average molecular weight is 258 g/mol. The van der Waals surface area contributed by atoms with Gasteiger partial charge >= 0.3 is 6.18 Å². The molecule has 0 aliphatic heterocycles. The molecular formula is C10H15ClF3NO. The molecule has 0 bridgehead atoms. The van der Waals surface area contributed by atoms with Crippen LogP contribution in [-0.4, -0.2) is 24.0 Å². The van der Waals surface area contributed by atoms with E-state index in [0.29, 0.717) is 6.54 Å². The minimum absolute atomic E-state index is 0.0444. The third-order valence-corrected chi connectivity index (χ3v) is 3.34. The van der Waals surface area contributed by atoms with Gasteiger partial charge in [-0.15, -0.1) is 11.6 Å². The maximum Gasteiger partial charge on any atom is 0.389 e. The van der Waals surface area contributed by atoms with Gasteiger partial charge in [-0.05, 0) is 18.8 Å². The molecule has 2 nitrogen and oxygen atoms in total. The number of halogens is 4. The molecule has 0 radical (unpaired) electrons. The first-order chi connectivity index (χ1) is 7.38. The number of alkyl halides is 4. The summed E-state index contributed by atoms with van der Waals surface area (Å²) in [4.78, 5) is 11.1. The second kappa shape index (κ2) is 5.75. The van der Waals surface area contributed by atoms with E-state index >= 15 is 0 Å². The van der Waals surface area contributed by atoms with Crippen LogP contribution in [0, 0.1) is 5.92 Å². The van der Waals surface area contributed by atoms with E-state index in [2.05, 4.69) is 5.32 Å². The first kappa shape index (κ1) is 13.6. The summed E-state index contributed by atoms with van der Waals surface area (Å²) in [6.45, 7) is 0.394. The van der Waals surface area contributed by atoms with Gasteiger partial charge in [0.1, 0.15) is 0 Å². The highest BCUT2D eigenvalue weighted by molar-refractivity contribution is 6.20. The van der Waals surface area contributed by atoms with Crippen molar-refractivity contribution in [3.63, 3.8) is 0 Å². The van der Waals surface area contributed by atoms with Gasteiger partial charge < -0.3 is 5.32 Å². The molecule has 1 amide bonds. The summed E-state index contributed by atoms with van der Waals surface area (Å²) in [6, 6.07) is 0. The van der Waals surface area contributed by atoms with Crippen molar-refractivity contribution >= 4 is 17.5 Å². The number of carbonyl (C=O) groups excluding carboxylic acids is 1. The van der Waals surface area contributed by atoms with Crippen LogP contribution in [0.25, 0.3) is 0 Å². The number of amides is 1. The van der Waals surface area contributed by atoms with Crippen LogP contribution < -0.4 is 5.32 Å². The summed E-state index contributed by atoms with van der Waals surface area (Å²) >= 11 is 5.98. The molecule has 1 aliphatic rings. The highest BCUT2D eigenvalue weighted by atomic mass is 35.5. The highest BCUT2D eigenvalue weighted by Gasteiger charge is 2.29. The van der Waals surface area contributed by atoms with Gasteiger partial charge in [-0.2, -0.15) is 13.2 Å². The van der Waals surface area contributed by atoms with Crippen LogP contribution in [0.3, 0.4) is 0 Å². The fraction of sp³-hybridized carbons (Fsp3) is 0.900. The molecule has 1 saturated carbocycles. The van der Waals surface area contributed by atoms with Crippen molar-refractivity contribution in [3.05, 3.63) is 0 Å². The fourth-order valence-corrected chi connectivity index (χ4v) is 2.18. The fourth-order valence-electron chi connectivity index (χ4n) is 1.81. The number of hydrogen-bond acceptors (Lipinski definition) is 1. The lowest BCUT2D eigenvalue weighted by Crippen LogP contribution is -2.31.